The molecule has 0 rings (SSSR count). The molecule has 0 aliphatic carbocycles. The van der Waals surface area contributed by atoms with Gasteiger partial charge in [0.05, 0.1) is 40.3 Å². The predicted molar refractivity (Wildman–Crippen MR) is 240 cm³/mol. The van der Waals surface area contributed by atoms with E-state index in [1.165, 1.54) is 64.2 Å². The van der Waals surface area contributed by atoms with E-state index in [1.54, 1.807) is 21.1 Å². The molecule has 0 aromatic carbocycles. The van der Waals surface area contributed by atoms with Gasteiger partial charge in [-0.15, -0.1) is 0 Å². The minimum atomic E-state index is -1.14. The van der Waals surface area contributed by atoms with Gasteiger partial charge >= 0.3 is 11.9 Å². The van der Waals surface area contributed by atoms with Crippen LogP contribution in [0.2, 0.25) is 0 Å². The number of nitrogens with zero attached hydrogens (tertiary/aromatic N) is 1. The number of aliphatic carboxylic acids is 1. The lowest BCUT2D eigenvalue weighted by Crippen LogP contribution is -2.55. The van der Waals surface area contributed by atoms with E-state index in [9.17, 15) is 19.5 Å². The molecule has 0 aliphatic rings. The number of carbonyl (C=O) groups is 3. The lowest BCUT2D eigenvalue weighted by molar-refractivity contribution is -0.889. The highest BCUT2D eigenvalue weighted by Gasteiger charge is 2.25. The van der Waals surface area contributed by atoms with E-state index in [0.29, 0.717) is 6.42 Å². The zero-order chi connectivity index (χ0) is 42.8. The summed E-state index contributed by atoms with van der Waals surface area (Å²) in [7, 11) is 5.38. The number of allylic oxidation sites excluding steroid dienone is 12. The quantitative estimate of drug-likeness (QED) is 0.0263. The molecular weight excluding hydrogens is 727 g/mol. The van der Waals surface area contributed by atoms with Crippen LogP contribution in [0.15, 0.2) is 72.9 Å². The lowest BCUT2D eigenvalue weighted by Gasteiger charge is -2.34. The van der Waals surface area contributed by atoms with Gasteiger partial charge < -0.3 is 28.6 Å². The van der Waals surface area contributed by atoms with E-state index in [4.69, 9.17) is 14.2 Å². The second-order valence-electron chi connectivity index (χ2n) is 16.3. The molecule has 2 atom stereocenters. The number of carboxylic acids is 1. The number of hydrogen-bond donors (Lipinski definition) is 0. The van der Waals surface area contributed by atoms with Gasteiger partial charge in [-0.2, -0.15) is 0 Å². The van der Waals surface area contributed by atoms with E-state index in [-0.39, 0.29) is 55.5 Å². The first kappa shape index (κ1) is 54.8. The second kappa shape index (κ2) is 40.5. The molecule has 0 aromatic heterocycles. The number of ether oxygens (including phenoxy) is 3. The molecule has 332 valence electrons. The van der Waals surface area contributed by atoms with Crippen LogP contribution in [0.25, 0.3) is 0 Å². The Kier molecular flexibility index (Phi) is 38.3. The summed E-state index contributed by atoms with van der Waals surface area (Å²) in [5, 5.41) is 11.6. The van der Waals surface area contributed by atoms with Crippen LogP contribution in [0.1, 0.15) is 174 Å². The average Bonchev–Trinajstić information content (AvgIpc) is 3.18. The van der Waals surface area contributed by atoms with Crippen LogP contribution in [-0.2, 0) is 28.6 Å². The van der Waals surface area contributed by atoms with Crippen LogP contribution in [0, 0.1) is 0 Å². The van der Waals surface area contributed by atoms with Crippen LogP contribution in [-0.4, -0.2) is 75.5 Å². The second-order valence-corrected chi connectivity index (χ2v) is 16.3. The fraction of sp³-hybridized carbons (Fsp3) is 0.700. The molecule has 0 aliphatic heterocycles. The summed E-state index contributed by atoms with van der Waals surface area (Å²) in [6.07, 6.45) is 50.7. The molecule has 58 heavy (non-hydrogen) atoms. The monoisotopic (exact) mass is 812 g/mol. The zero-order valence-electron chi connectivity index (χ0n) is 37.7. The summed E-state index contributed by atoms with van der Waals surface area (Å²) in [5.74, 6) is -1.82. The van der Waals surface area contributed by atoms with Gasteiger partial charge in [0.15, 0.2) is 6.10 Å². The van der Waals surface area contributed by atoms with Crippen molar-refractivity contribution >= 4 is 17.9 Å². The fourth-order valence-electron chi connectivity index (χ4n) is 6.20. The molecule has 8 nitrogen and oxygen atoms in total. The summed E-state index contributed by atoms with van der Waals surface area (Å²) in [6, 6.07) is -0.738. The molecule has 8 heteroatoms. The van der Waals surface area contributed by atoms with Crippen LogP contribution in [0.4, 0.5) is 0 Å². The Bertz CT molecular complexity index is 1180. The molecule has 0 spiro atoms. The zero-order valence-corrected chi connectivity index (χ0v) is 37.7. The predicted octanol–water partition coefficient (Wildman–Crippen LogP) is 11.4. The molecule has 0 amide bonds. The summed E-state index contributed by atoms with van der Waals surface area (Å²) in [5.41, 5.74) is 0. The van der Waals surface area contributed by atoms with Crippen LogP contribution in [0.5, 0.6) is 0 Å². The topological polar surface area (TPSA) is 102 Å². The molecule has 0 saturated heterocycles. The van der Waals surface area contributed by atoms with E-state index in [1.807, 2.05) is 0 Å². The van der Waals surface area contributed by atoms with Gasteiger partial charge in [-0.1, -0.05) is 138 Å². The van der Waals surface area contributed by atoms with Crippen LogP contribution >= 0.6 is 0 Å². The maximum atomic E-state index is 12.7. The number of hydrogen-bond acceptors (Lipinski definition) is 7. The van der Waals surface area contributed by atoms with Crippen LogP contribution in [0.3, 0.4) is 0 Å². The number of unbranched alkanes of at least 4 members (excludes halogenated alkanes) is 14. The Labute approximate surface area is 355 Å². The highest BCUT2D eigenvalue weighted by atomic mass is 16.6. The molecule has 0 aromatic rings. The fourth-order valence-corrected chi connectivity index (χ4v) is 6.20. The van der Waals surface area contributed by atoms with Crippen LogP contribution < -0.4 is 5.11 Å². The Hall–Kier alpha value is -3.23. The summed E-state index contributed by atoms with van der Waals surface area (Å²) in [4.78, 5) is 36.8. The lowest BCUT2D eigenvalue weighted by atomic mass is 10.1. The van der Waals surface area contributed by atoms with E-state index < -0.39 is 18.1 Å². The van der Waals surface area contributed by atoms with Crippen molar-refractivity contribution in [3.63, 3.8) is 0 Å². The smallest absolute Gasteiger partial charge is 0.306 e. The maximum absolute atomic E-state index is 12.7. The molecule has 0 heterocycles. The highest BCUT2D eigenvalue weighted by Crippen LogP contribution is 2.12. The Morgan fingerprint density at radius 3 is 1.43 bits per heavy atom. The van der Waals surface area contributed by atoms with Crippen molar-refractivity contribution in [3.05, 3.63) is 72.9 Å². The van der Waals surface area contributed by atoms with Gasteiger partial charge in [0, 0.05) is 19.3 Å². The number of carbonyl (C=O) groups excluding carboxylic acids is 3. The molecule has 0 N–H and O–H groups in total. The SMILES string of the molecule is CCCCC/C=C/C/C=C/C/C=C/C/C=C/C/C=C/CCCCC(=O)OCC(COCCC(C(=O)[O-])[N+](C)(C)C)OC(=O)CCCCC/C=C/CCCCCCCC. The van der Waals surface area contributed by atoms with E-state index in [2.05, 4.69) is 86.8 Å². The third-order valence-corrected chi connectivity index (χ3v) is 9.82. The van der Waals surface area contributed by atoms with Crippen molar-refractivity contribution in [3.8, 4) is 0 Å². The first-order valence-corrected chi connectivity index (χ1v) is 23.0. The van der Waals surface area contributed by atoms with Crippen molar-refractivity contribution in [1.82, 2.24) is 0 Å². The average molecular weight is 812 g/mol. The van der Waals surface area contributed by atoms with Gasteiger partial charge in [-0.25, -0.2) is 0 Å². The summed E-state index contributed by atoms with van der Waals surface area (Å²) in [6.45, 7) is 4.55. The minimum absolute atomic E-state index is 0.0174. The summed E-state index contributed by atoms with van der Waals surface area (Å²) < 4.78 is 17.1. The highest BCUT2D eigenvalue weighted by molar-refractivity contribution is 5.70. The minimum Gasteiger partial charge on any atom is -0.544 e. The van der Waals surface area contributed by atoms with Crippen molar-refractivity contribution in [2.45, 2.75) is 187 Å². The largest absolute Gasteiger partial charge is 0.544 e. The van der Waals surface area contributed by atoms with Crippen molar-refractivity contribution < 1.29 is 38.2 Å². The molecule has 2 unspecified atom stereocenters. The third-order valence-electron chi connectivity index (χ3n) is 9.82. The van der Waals surface area contributed by atoms with Gasteiger partial charge in [0.25, 0.3) is 0 Å². The maximum Gasteiger partial charge on any atom is 0.306 e. The number of carboxylic acid groups (broad SMARTS) is 1. The van der Waals surface area contributed by atoms with Gasteiger partial charge in [0.2, 0.25) is 0 Å². The van der Waals surface area contributed by atoms with Gasteiger partial charge in [-0.05, 0) is 89.9 Å². The van der Waals surface area contributed by atoms with E-state index in [0.717, 1.165) is 70.6 Å². The molecular formula is C50H85NO7. The Morgan fingerprint density at radius 1 is 0.517 bits per heavy atom. The van der Waals surface area contributed by atoms with Crippen molar-refractivity contribution in [2.24, 2.45) is 0 Å². The standard InChI is InChI=1S/C50H85NO7/c1-6-8-10-12-14-16-18-20-21-22-23-24-25-26-27-29-30-32-34-36-38-40-48(52)57-45-46(44-56-43-42-47(50(54)55)51(3,4)5)58-49(53)41-39-37-35-33-31-28-19-17-15-13-11-9-7-2/h14,16,20-21,23-24,26-28,30-32,46-47H,6-13,15,17-19,22,25,29,33-45H2,1-5H3/b16-14+,21-20+,24-23+,27-26+,31-28+,32-30+. The number of esters is 2. The van der Waals surface area contributed by atoms with Gasteiger partial charge in [-0.3, -0.25) is 9.59 Å². The molecule has 0 bridgehead atoms. The molecule has 0 fully saturated rings. The molecule has 0 radical (unpaired) electrons. The van der Waals surface area contributed by atoms with Gasteiger partial charge in [0.1, 0.15) is 12.6 Å². The third kappa shape index (κ3) is 38.3. The first-order chi connectivity index (χ1) is 28.1. The van der Waals surface area contributed by atoms with Crippen molar-refractivity contribution in [1.29, 1.82) is 0 Å². The Balaban J connectivity index is 4.42. The number of rotatable bonds is 40. The van der Waals surface area contributed by atoms with E-state index >= 15 is 0 Å². The summed E-state index contributed by atoms with van der Waals surface area (Å²) >= 11 is 0. The van der Waals surface area contributed by atoms with Crippen molar-refractivity contribution in [2.75, 3.05) is 41.0 Å². The first-order valence-electron chi connectivity index (χ1n) is 23.0. The normalized spacial score (nSPS) is 13.6. The molecule has 0 saturated carbocycles. The number of likely N-dealkylation sites (N-methyl/N-ethyl adjacent to an activating group) is 1. The number of quaternary nitrogens is 1. The Morgan fingerprint density at radius 2 is 0.914 bits per heavy atom.